The van der Waals surface area contributed by atoms with Gasteiger partial charge in [-0.05, 0) is 68.5 Å². The van der Waals surface area contributed by atoms with Crippen LogP contribution in [0.3, 0.4) is 0 Å². The first-order chi connectivity index (χ1) is 14.2. The maximum absolute atomic E-state index is 11.6. The van der Waals surface area contributed by atoms with Gasteiger partial charge in [-0.25, -0.2) is 4.79 Å². The molecule has 30 heavy (non-hydrogen) atoms. The molecule has 1 saturated heterocycles. The summed E-state index contributed by atoms with van der Waals surface area (Å²) in [4.78, 5) is 11.6. The van der Waals surface area contributed by atoms with E-state index in [0.717, 1.165) is 29.2 Å². The van der Waals surface area contributed by atoms with Gasteiger partial charge in [-0.3, -0.25) is 0 Å². The van der Waals surface area contributed by atoms with E-state index in [2.05, 4.69) is 33.8 Å². The Morgan fingerprint density at radius 3 is 2.67 bits per heavy atom. The second-order valence-corrected chi connectivity index (χ2v) is 9.93. The predicted octanol–water partition coefficient (Wildman–Crippen LogP) is 6.49. The summed E-state index contributed by atoms with van der Waals surface area (Å²) in [5.41, 5.74) is 1.86. The van der Waals surface area contributed by atoms with Gasteiger partial charge in [-0.1, -0.05) is 37.6 Å². The number of aromatic carboxylic acids is 1. The number of carbonyl (C=O) groups is 1. The van der Waals surface area contributed by atoms with Crippen LogP contribution in [-0.4, -0.2) is 22.8 Å². The molecule has 0 bridgehead atoms. The van der Waals surface area contributed by atoms with Gasteiger partial charge in [0, 0.05) is 22.4 Å². The third-order valence-electron chi connectivity index (χ3n) is 6.45. The van der Waals surface area contributed by atoms with Crippen molar-refractivity contribution in [1.82, 2.24) is 0 Å². The number of hydrogen-bond donors (Lipinski definition) is 1. The van der Waals surface area contributed by atoms with Crippen LogP contribution in [-0.2, 0) is 4.74 Å². The highest BCUT2D eigenvalue weighted by molar-refractivity contribution is 6.30. The summed E-state index contributed by atoms with van der Waals surface area (Å²) >= 11 is 6.30. The molecule has 160 valence electrons. The van der Waals surface area contributed by atoms with Gasteiger partial charge >= 0.3 is 5.97 Å². The van der Waals surface area contributed by atoms with Crippen molar-refractivity contribution in [2.75, 3.05) is 0 Å². The molecule has 2 aliphatic rings. The Bertz CT molecular complexity index is 952. The van der Waals surface area contributed by atoms with Gasteiger partial charge in [0.25, 0.3) is 0 Å². The molecule has 2 heterocycles. The Hall–Kier alpha value is -2.04. The van der Waals surface area contributed by atoms with Crippen molar-refractivity contribution in [3.63, 3.8) is 0 Å². The van der Waals surface area contributed by atoms with E-state index in [1.807, 2.05) is 18.2 Å². The average molecular weight is 429 g/mol. The molecule has 2 aromatic carbocycles. The standard InChI is InChI=1S/C25H29ClO4/c1-14(2)10-22-18(15-6-5-7-17(26)11-15)13-20-23(29-22)19-12-16(24(27)28)8-9-21(19)30-25(20,3)4/h5-9,11-12,14,18,20,22-23H,10,13H2,1-4H3,(H,27,28)/t18-,20+,22+,23-/m1/s1. The molecule has 4 rings (SSSR count). The lowest BCUT2D eigenvalue weighted by Gasteiger charge is -2.51. The van der Waals surface area contributed by atoms with Crippen LogP contribution in [0.5, 0.6) is 5.75 Å². The van der Waals surface area contributed by atoms with Crippen molar-refractivity contribution in [3.8, 4) is 5.75 Å². The molecule has 0 amide bonds. The first-order valence-electron chi connectivity index (χ1n) is 10.6. The largest absolute Gasteiger partial charge is 0.487 e. The summed E-state index contributed by atoms with van der Waals surface area (Å²) in [5.74, 6) is 0.563. The lowest BCUT2D eigenvalue weighted by Crippen LogP contribution is -2.50. The van der Waals surface area contributed by atoms with Crippen molar-refractivity contribution >= 4 is 17.6 Å². The van der Waals surface area contributed by atoms with Gasteiger partial charge in [0.1, 0.15) is 11.4 Å². The lowest BCUT2D eigenvalue weighted by molar-refractivity contribution is -0.162. The summed E-state index contributed by atoms with van der Waals surface area (Å²) in [5, 5.41) is 10.2. The zero-order valence-electron chi connectivity index (χ0n) is 17.9. The highest BCUT2D eigenvalue weighted by Gasteiger charge is 2.50. The quantitative estimate of drug-likeness (QED) is 0.605. The fraction of sp³-hybridized carbons (Fsp3) is 0.480. The zero-order valence-corrected chi connectivity index (χ0v) is 18.6. The third kappa shape index (κ3) is 3.95. The van der Waals surface area contributed by atoms with Crippen LogP contribution in [0.25, 0.3) is 0 Å². The smallest absolute Gasteiger partial charge is 0.335 e. The van der Waals surface area contributed by atoms with E-state index in [0.29, 0.717) is 5.92 Å². The average Bonchev–Trinajstić information content (AvgIpc) is 2.66. The van der Waals surface area contributed by atoms with Crippen molar-refractivity contribution in [2.24, 2.45) is 11.8 Å². The molecule has 1 N–H and O–H groups in total. The number of carboxylic acid groups (broad SMARTS) is 1. The normalized spacial score (nSPS) is 27.1. The lowest BCUT2D eigenvalue weighted by atomic mass is 9.69. The van der Waals surface area contributed by atoms with Crippen LogP contribution in [0.4, 0.5) is 0 Å². The van der Waals surface area contributed by atoms with Gasteiger partial charge in [0.15, 0.2) is 0 Å². The van der Waals surface area contributed by atoms with E-state index >= 15 is 0 Å². The summed E-state index contributed by atoms with van der Waals surface area (Å²) < 4.78 is 13.1. The van der Waals surface area contributed by atoms with Crippen molar-refractivity contribution < 1.29 is 19.4 Å². The second kappa shape index (κ2) is 7.90. The fourth-order valence-electron chi connectivity index (χ4n) is 4.99. The minimum Gasteiger partial charge on any atom is -0.487 e. The maximum Gasteiger partial charge on any atom is 0.335 e. The van der Waals surface area contributed by atoms with Gasteiger partial charge in [0.2, 0.25) is 0 Å². The SMILES string of the molecule is CC(C)C[C@@H]1O[C@@H]2c3cc(C(=O)O)ccc3OC(C)(C)[C@H]2C[C@@H]1c1cccc(Cl)c1. The number of carboxylic acids is 1. The van der Waals surface area contributed by atoms with Gasteiger partial charge < -0.3 is 14.6 Å². The molecule has 4 nitrogen and oxygen atoms in total. The molecular formula is C25H29ClO4. The Labute approximate surface area is 183 Å². The first-order valence-corrected chi connectivity index (χ1v) is 11.0. The highest BCUT2D eigenvalue weighted by Crippen LogP contribution is 2.54. The molecule has 0 radical (unpaired) electrons. The van der Waals surface area contributed by atoms with E-state index in [9.17, 15) is 9.90 Å². The number of rotatable bonds is 4. The molecule has 0 saturated carbocycles. The number of ether oxygens (including phenoxy) is 2. The Morgan fingerprint density at radius 1 is 1.23 bits per heavy atom. The summed E-state index contributed by atoms with van der Waals surface area (Å²) in [6.45, 7) is 8.60. The van der Waals surface area contributed by atoms with Crippen molar-refractivity contribution in [1.29, 1.82) is 0 Å². The van der Waals surface area contributed by atoms with Crippen LogP contribution >= 0.6 is 11.6 Å². The molecule has 0 spiro atoms. The monoisotopic (exact) mass is 428 g/mol. The molecule has 1 fully saturated rings. The Balaban J connectivity index is 1.77. The Kier molecular flexibility index (Phi) is 5.58. The van der Waals surface area contributed by atoms with E-state index < -0.39 is 11.6 Å². The molecule has 2 aliphatic heterocycles. The molecule has 0 aliphatic carbocycles. The highest BCUT2D eigenvalue weighted by atomic mass is 35.5. The van der Waals surface area contributed by atoms with Gasteiger partial charge in [0.05, 0.1) is 17.8 Å². The molecule has 5 heteroatoms. The Morgan fingerprint density at radius 2 is 2.00 bits per heavy atom. The number of benzene rings is 2. The summed E-state index contributed by atoms with van der Waals surface area (Å²) in [7, 11) is 0. The molecule has 0 unspecified atom stereocenters. The minimum absolute atomic E-state index is 0.0277. The first kappa shape index (κ1) is 21.2. The van der Waals surface area contributed by atoms with Gasteiger partial charge in [-0.15, -0.1) is 0 Å². The topological polar surface area (TPSA) is 55.8 Å². The summed E-state index contributed by atoms with van der Waals surface area (Å²) in [6, 6.07) is 13.1. The predicted molar refractivity (Wildman–Crippen MR) is 117 cm³/mol. The minimum atomic E-state index is -0.939. The van der Waals surface area contributed by atoms with Crippen molar-refractivity contribution in [2.45, 2.75) is 64.3 Å². The molecular weight excluding hydrogens is 400 g/mol. The van der Waals surface area contributed by atoms with E-state index in [1.54, 1.807) is 18.2 Å². The molecule has 2 aromatic rings. The number of fused-ring (bicyclic) bond motifs is 3. The van der Waals surface area contributed by atoms with E-state index in [4.69, 9.17) is 21.1 Å². The van der Waals surface area contributed by atoms with Crippen LogP contribution in [0, 0.1) is 11.8 Å². The van der Waals surface area contributed by atoms with Crippen LogP contribution < -0.4 is 4.74 Å². The van der Waals surface area contributed by atoms with Gasteiger partial charge in [-0.2, -0.15) is 0 Å². The van der Waals surface area contributed by atoms with Crippen LogP contribution in [0.1, 0.15) is 74.0 Å². The third-order valence-corrected chi connectivity index (χ3v) is 6.69. The number of hydrogen-bond acceptors (Lipinski definition) is 3. The number of halogens is 1. The van der Waals surface area contributed by atoms with E-state index in [-0.39, 0.29) is 29.6 Å². The van der Waals surface area contributed by atoms with E-state index in [1.165, 1.54) is 5.56 Å². The fourth-order valence-corrected chi connectivity index (χ4v) is 5.19. The zero-order chi connectivity index (χ0) is 21.6. The molecule has 4 atom stereocenters. The second-order valence-electron chi connectivity index (χ2n) is 9.49. The maximum atomic E-state index is 11.6. The summed E-state index contributed by atoms with van der Waals surface area (Å²) in [6.07, 6.45) is 1.66. The van der Waals surface area contributed by atoms with Crippen molar-refractivity contribution in [3.05, 3.63) is 64.2 Å². The molecule has 0 aromatic heterocycles. The van der Waals surface area contributed by atoms with Crippen LogP contribution in [0.15, 0.2) is 42.5 Å². The van der Waals surface area contributed by atoms with Crippen LogP contribution in [0.2, 0.25) is 5.02 Å².